The minimum Gasteiger partial charge on any atom is -0.399 e. The van der Waals surface area contributed by atoms with Gasteiger partial charge in [-0.2, -0.15) is 0 Å². The lowest BCUT2D eigenvalue weighted by molar-refractivity contribution is 0.00578. The average molecular weight is 342 g/mol. The third-order valence-corrected chi connectivity index (χ3v) is 5.40. The molecule has 19 heavy (non-hydrogen) atoms. The molecule has 0 atom stereocenters. The van der Waals surface area contributed by atoms with Crippen LogP contribution < -0.4 is 5.46 Å². The number of benzene rings is 1. The molecule has 1 heterocycles. The molecule has 1 aromatic carbocycles. The molecule has 1 fully saturated rings. The monoisotopic (exact) mass is 340 g/mol. The first-order valence-electron chi connectivity index (χ1n) is 5.75. The molecule has 1 aromatic rings. The summed E-state index contributed by atoms with van der Waals surface area (Å²) in [6.07, 6.45) is 0. The lowest BCUT2D eigenvalue weighted by Gasteiger charge is -2.32. The molecule has 0 spiro atoms. The van der Waals surface area contributed by atoms with E-state index < -0.39 is 18.3 Å². The SMILES string of the molecule is CC1(C)OB(c2cc(Cl)c(Cl)c(Cl)c2Cl)OC1(C)C. The minimum atomic E-state index is -0.621. The van der Waals surface area contributed by atoms with E-state index in [0.29, 0.717) is 15.5 Å². The highest BCUT2D eigenvalue weighted by atomic mass is 35.5. The third kappa shape index (κ3) is 2.62. The molecule has 7 heteroatoms. The normalized spacial score (nSPS) is 20.9. The van der Waals surface area contributed by atoms with Crippen molar-refractivity contribution in [2.24, 2.45) is 0 Å². The molecule has 0 saturated carbocycles. The summed E-state index contributed by atoms with van der Waals surface area (Å²) in [5, 5.41) is 1.06. The van der Waals surface area contributed by atoms with Crippen molar-refractivity contribution in [1.82, 2.24) is 0 Å². The molecular weight excluding hydrogens is 329 g/mol. The van der Waals surface area contributed by atoms with E-state index in [1.165, 1.54) is 0 Å². The number of halogens is 4. The zero-order valence-corrected chi connectivity index (χ0v) is 14.0. The van der Waals surface area contributed by atoms with Crippen LogP contribution in [0.5, 0.6) is 0 Å². The van der Waals surface area contributed by atoms with Crippen molar-refractivity contribution < 1.29 is 9.31 Å². The van der Waals surface area contributed by atoms with Gasteiger partial charge >= 0.3 is 7.12 Å². The van der Waals surface area contributed by atoms with Gasteiger partial charge in [0.25, 0.3) is 0 Å². The van der Waals surface area contributed by atoms with Gasteiger partial charge in [-0.05, 0) is 33.8 Å². The molecule has 0 N–H and O–H groups in total. The molecule has 0 aliphatic carbocycles. The van der Waals surface area contributed by atoms with Crippen LogP contribution in [0, 0.1) is 0 Å². The van der Waals surface area contributed by atoms with Crippen LogP contribution in [-0.2, 0) is 9.31 Å². The zero-order chi connectivity index (χ0) is 14.6. The van der Waals surface area contributed by atoms with Crippen molar-refractivity contribution in [3.8, 4) is 0 Å². The van der Waals surface area contributed by atoms with E-state index in [2.05, 4.69) is 0 Å². The van der Waals surface area contributed by atoms with Gasteiger partial charge in [0.15, 0.2) is 0 Å². The maximum atomic E-state index is 6.20. The Balaban J connectivity index is 2.46. The second-order valence-corrected chi connectivity index (χ2v) is 7.02. The van der Waals surface area contributed by atoms with Crippen LogP contribution in [0.25, 0.3) is 0 Å². The summed E-state index contributed by atoms with van der Waals surface area (Å²) in [5.74, 6) is 0. The highest BCUT2D eigenvalue weighted by molar-refractivity contribution is 6.68. The van der Waals surface area contributed by atoms with Crippen LogP contribution in [-0.4, -0.2) is 18.3 Å². The van der Waals surface area contributed by atoms with Crippen LogP contribution in [0.2, 0.25) is 20.1 Å². The molecule has 2 rings (SSSR count). The second-order valence-electron chi connectivity index (χ2n) is 5.48. The van der Waals surface area contributed by atoms with Gasteiger partial charge in [0.2, 0.25) is 0 Å². The molecule has 1 aliphatic rings. The summed E-state index contributed by atoms with van der Waals surface area (Å²) in [7, 11) is -0.621. The molecule has 0 radical (unpaired) electrons. The first-order valence-corrected chi connectivity index (χ1v) is 7.26. The number of hydrogen-bond donors (Lipinski definition) is 0. The average Bonchev–Trinajstić information content (AvgIpc) is 2.50. The topological polar surface area (TPSA) is 18.5 Å². The van der Waals surface area contributed by atoms with Gasteiger partial charge in [-0.3, -0.25) is 0 Å². The van der Waals surface area contributed by atoms with Gasteiger partial charge in [0.1, 0.15) is 0 Å². The minimum absolute atomic E-state index is 0.209. The molecule has 1 saturated heterocycles. The van der Waals surface area contributed by atoms with Crippen LogP contribution in [0.4, 0.5) is 0 Å². The van der Waals surface area contributed by atoms with E-state index >= 15 is 0 Å². The summed E-state index contributed by atoms with van der Waals surface area (Å²) in [4.78, 5) is 0. The van der Waals surface area contributed by atoms with Crippen LogP contribution in [0.15, 0.2) is 6.07 Å². The maximum absolute atomic E-state index is 6.20. The van der Waals surface area contributed by atoms with Crippen molar-refractivity contribution >= 4 is 59.0 Å². The molecule has 0 amide bonds. The van der Waals surface area contributed by atoms with E-state index in [1.54, 1.807) is 6.07 Å². The molecule has 0 unspecified atom stereocenters. The smallest absolute Gasteiger partial charge is 0.399 e. The van der Waals surface area contributed by atoms with E-state index in [0.717, 1.165) is 0 Å². The Kier molecular flexibility index (Phi) is 4.12. The van der Waals surface area contributed by atoms with Crippen LogP contribution in [0.3, 0.4) is 0 Å². The van der Waals surface area contributed by atoms with Crippen molar-refractivity contribution in [1.29, 1.82) is 0 Å². The predicted octanol–water partition coefficient (Wildman–Crippen LogP) is 4.60. The third-order valence-electron chi connectivity index (χ3n) is 3.64. The van der Waals surface area contributed by atoms with Gasteiger partial charge < -0.3 is 9.31 Å². The summed E-state index contributed by atoms with van der Waals surface area (Å²) < 4.78 is 11.8. The molecular formula is C12H13BCl4O2. The summed E-state index contributed by atoms with van der Waals surface area (Å²) in [5.41, 5.74) is -0.334. The van der Waals surface area contributed by atoms with Crippen LogP contribution >= 0.6 is 46.4 Å². The summed E-state index contributed by atoms with van der Waals surface area (Å²) >= 11 is 24.2. The lowest BCUT2D eigenvalue weighted by Crippen LogP contribution is -2.41. The van der Waals surface area contributed by atoms with E-state index in [4.69, 9.17) is 55.7 Å². The second kappa shape index (κ2) is 4.97. The fraction of sp³-hybridized carbons (Fsp3) is 0.500. The van der Waals surface area contributed by atoms with Crippen LogP contribution in [0.1, 0.15) is 27.7 Å². The molecule has 2 nitrogen and oxygen atoms in total. The molecule has 0 aromatic heterocycles. The Bertz CT molecular complexity index is 515. The van der Waals surface area contributed by atoms with Crippen molar-refractivity contribution in [3.63, 3.8) is 0 Å². The van der Waals surface area contributed by atoms with Crippen molar-refractivity contribution in [2.75, 3.05) is 0 Å². The standard InChI is InChI=1S/C12H13BCl4O2/c1-11(2)12(3,4)19-13(18-11)6-5-7(14)9(16)10(17)8(6)15/h5H,1-4H3. The largest absolute Gasteiger partial charge is 0.496 e. The van der Waals surface area contributed by atoms with Gasteiger partial charge in [0, 0.05) is 5.46 Å². The maximum Gasteiger partial charge on any atom is 0.496 e. The van der Waals surface area contributed by atoms with Gasteiger partial charge in [0.05, 0.1) is 31.3 Å². The summed E-state index contributed by atoms with van der Waals surface area (Å²) in [6.45, 7) is 7.83. The number of rotatable bonds is 1. The molecule has 104 valence electrons. The highest BCUT2D eigenvalue weighted by Gasteiger charge is 2.52. The van der Waals surface area contributed by atoms with E-state index in [-0.39, 0.29) is 10.0 Å². The number of hydrogen-bond acceptors (Lipinski definition) is 2. The first kappa shape index (κ1) is 15.7. The van der Waals surface area contributed by atoms with E-state index in [1.807, 2.05) is 27.7 Å². The Labute approximate surface area is 133 Å². The van der Waals surface area contributed by atoms with E-state index in [9.17, 15) is 0 Å². The Morgan fingerprint density at radius 1 is 0.842 bits per heavy atom. The van der Waals surface area contributed by atoms with Crippen molar-refractivity contribution in [3.05, 3.63) is 26.2 Å². The zero-order valence-electron chi connectivity index (χ0n) is 11.0. The van der Waals surface area contributed by atoms with Gasteiger partial charge in [-0.1, -0.05) is 46.4 Å². The Morgan fingerprint density at radius 3 is 1.79 bits per heavy atom. The van der Waals surface area contributed by atoms with Gasteiger partial charge in [-0.15, -0.1) is 0 Å². The van der Waals surface area contributed by atoms with Gasteiger partial charge in [-0.25, -0.2) is 0 Å². The summed E-state index contributed by atoms with van der Waals surface area (Å²) in [6, 6.07) is 1.63. The first-order chi connectivity index (χ1) is 8.57. The fourth-order valence-corrected chi connectivity index (χ4v) is 2.64. The fourth-order valence-electron chi connectivity index (χ4n) is 1.73. The Morgan fingerprint density at radius 2 is 1.32 bits per heavy atom. The quantitative estimate of drug-likeness (QED) is 0.422. The molecule has 0 bridgehead atoms. The Hall–Kier alpha value is 0.365. The van der Waals surface area contributed by atoms with Crippen molar-refractivity contribution in [2.45, 2.75) is 38.9 Å². The predicted molar refractivity (Wildman–Crippen MR) is 82.2 cm³/mol. The molecule has 1 aliphatic heterocycles. The highest BCUT2D eigenvalue weighted by Crippen LogP contribution is 2.39. The lowest BCUT2D eigenvalue weighted by atomic mass is 9.79.